The van der Waals surface area contributed by atoms with E-state index in [1.165, 1.54) is 18.3 Å². The van der Waals surface area contributed by atoms with Gasteiger partial charge in [-0.25, -0.2) is 9.37 Å². The van der Waals surface area contributed by atoms with Crippen molar-refractivity contribution < 1.29 is 26.9 Å². The number of carbonyl (C=O) groups excluding carboxylic acids is 1. The van der Waals surface area contributed by atoms with Gasteiger partial charge in [-0.2, -0.15) is 8.42 Å². The highest BCUT2D eigenvalue weighted by molar-refractivity contribution is 7.85. The van der Waals surface area contributed by atoms with Gasteiger partial charge in [-0.1, -0.05) is 24.3 Å². The number of benzene rings is 2. The van der Waals surface area contributed by atoms with E-state index in [0.29, 0.717) is 24.3 Å². The van der Waals surface area contributed by atoms with Crippen molar-refractivity contribution in [3.05, 3.63) is 89.5 Å². The van der Waals surface area contributed by atoms with E-state index >= 15 is 0 Å². The van der Waals surface area contributed by atoms with Gasteiger partial charge < -0.3 is 15.8 Å². The van der Waals surface area contributed by atoms with Crippen molar-refractivity contribution in [3.63, 3.8) is 0 Å². The number of aromatic nitrogens is 1. The molecule has 0 saturated heterocycles. The highest BCUT2D eigenvalue weighted by Crippen LogP contribution is 2.21. The number of amides is 1. The SMILES string of the molecule is CS(=O)(=O)O.NC(=O)c1ccc(Oc2ccc(CNCCc3cccc(F)c3)cc2)cn1. The molecular formula is C22H24FN3O5S. The molecule has 10 heteroatoms. The summed E-state index contributed by atoms with van der Waals surface area (Å²) in [6, 6.07) is 17.5. The minimum absolute atomic E-state index is 0.196. The minimum atomic E-state index is -3.67. The van der Waals surface area contributed by atoms with E-state index in [1.54, 1.807) is 18.2 Å². The Morgan fingerprint density at radius 2 is 1.75 bits per heavy atom. The summed E-state index contributed by atoms with van der Waals surface area (Å²) in [6.45, 7) is 1.48. The number of hydrogen-bond donors (Lipinski definition) is 3. The Kier molecular flexibility index (Phi) is 9.26. The summed E-state index contributed by atoms with van der Waals surface area (Å²) in [5, 5.41) is 3.34. The molecule has 0 aliphatic heterocycles. The van der Waals surface area contributed by atoms with Gasteiger partial charge in [-0.05, 0) is 60.5 Å². The highest BCUT2D eigenvalue weighted by atomic mass is 32.2. The second kappa shape index (κ2) is 11.9. The van der Waals surface area contributed by atoms with Crippen molar-refractivity contribution in [2.45, 2.75) is 13.0 Å². The zero-order valence-electron chi connectivity index (χ0n) is 17.4. The fourth-order valence-electron chi connectivity index (χ4n) is 2.56. The molecule has 1 amide bonds. The fraction of sp³-hybridized carbons (Fsp3) is 0.182. The smallest absolute Gasteiger partial charge is 0.267 e. The average Bonchev–Trinajstić information content (AvgIpc) is 2.72. The lowest BCUT2D eigenvalue weighted by atomic mass is 10.1. The first-order chi connectivity index (χ1) is 15.1. The number of nitrogens with zero attached hydrogens (tertiary/aromatic N) is 1. The van der Waals surface area contributed by atoms with Crippen molar-refractivity contribution in [1.82, 2.24) is 10.3 Å². The monoisotopic (exact) mass is 461 g/mol. The second-order valence-corrected chi connectivity index (χ2v) is 8.25. The molecule has 0 aliphatic rings. The third kappa shape index (κ3) is 10.1. The van der Waals surface area contributed by atoms with Gasteiger partial charge in [0.25, 0.3) is 16.0 Å². The molecule has 0 aliphatic carbocycles. The third-order valence-electron chi connectivity index (χ3n) is 3.96. The molecule has 1 heterocycles. The molecule has 3 aromatic rings. The van der Waals surface area contributed by atoms with Crippen LogP contribution in [0.15, 0.2) is 66.9 Å². The Labute approximate surface area is 186 Å². The van der Waals surface area contributed by atoms with Crippen molar-refractivity contribution in [2.24, 2.45) is 5.73 Å². The molecule has 0 unspecified atom stereocenters. The topological polar surface area (TPSA) is 132 Å². The van der Waals surface area contributed by atoms with Crippen LogP contribution in [0.1, 0.15) is 21.6 Å². The van der Waals surface area contributed by atoms with Crippen molar-refractivity contribution in [3.8, 4) is 11.5 Å². The van der Waals surface area contributed by atoms with Gasteiger partial charge >= 0.3 is 0 Å². The van der Waals surface area contributed by atoms with E-state index in [0.717, 1.165) is 24.1 Å². The van der Waals surface area contributed by atoms with Gasteiger partial charge in [0, 0.05) is 6.54 Å². The molecule has 0 saturated carbocycles. The zero-order chi connectivity index (χ0) is 23.6. The maximum Gasteiger partial charge on any atom is 0.267 e. The van der Waals surface area contributed by atoms with Crippen LogP contribution in [0, 0.1) is 5.82 Å². The average molecular weight is 462 g/mol. The zero-order valence-corrected chi connectivity index (χ0v) is 18.2. The highest BCUT2D eigenvalue weighted by Gasteiger charge is 2.03. The lowest BCUT2D eigenvalue weighted by Gasteiger charge is -2.08. The number of halogens is 1. The van der Waals surface area contributed by atoms with Crippen LogP contribution in [0.5, 0.6) is 11.5 Å². The number of hydrogen-bond acceptors (Lipinski definition) is 6. The Morgan fingerprint density at radius 1 is 1.09 bits per heavy atom. The van der Waals surface area contributed by atoms with Crippen LogP contribution in [0.2, 0.25) is 0 Å². The molecule has 2 aromatic carbocycles. The van der Waals surface area contributed by atoms with Crippen LogP contribution in [0.4, 0.5) is 4.39 Å². The molecule has 0 fully saturated rings. The number of ether oxygens (including phenoxy) is 1. The predicted octanol–water partition coefficient (Wildman–Crippen LogP) is 2.95. The van der Waals surface area contributed by atoms with Gasteiger partial charge in [0.05, 0.1) is 12.5 Å². The first-order valence-corrected chi connectivity index (χ1v) is 11.4. The van der Waals surface area contributed by atoms with E-state index in [4.69, 9.17) is 15.0 Å². The van der Waals surface area contributed by atoms with Crippen molar-refractivity contribution >= 4 is 16.0 Å². The largest absolute Gasteiger partial charge is 0.456 e. The quantitative estimate of drug-likeness (QED) is 0.347. The summed E-state index contributed by atoms with van der Waals surface area (Å²) >= 11 is 0. The lowest BCUT2D eigenvalue weighted by Crippen LogP contribution is -2.16. The maximum absolute atomic E-state index is 13.1. The summed E-state index contributed by atoms with van der Waals surface area (Å²) in [5.74, 6) is 0.423. The van der Waals surface area contributed by atoms with Crippen LogP contribution in [-0.4, -0.2) is 36.7 Å². The first-order valence-electron chi connectivity index (χ1n) is 9.50. The molecule has 0 atom stereocenters. The summed E-state index contributed by atoms with van der Waals surface area (Å²) in [5.41, 5.74) is 7.44. The summed E-state index contributed by atoms with van der Waals surface area (Å²) in [6.07, 6.45) is 2.95. The van der Waals surface area contributed by atoms with Crippen LogP contribution in [0.3, 0.4) is 0 Å². The molecule has 0 bridgehead atoms. The van der Waals surface area contributed by atoms with Gasteiger partial charge in [-0.15, -0.1) is 0 Å². The van der Waals surface area contributed by atoms with Gasteiger partial charge in [0.15, 0.2) is 0 Å². The Bertz CT molecular complexity index is 1110. The number of primary amides is 1. The molecule has 8 nitrogen and oxygen atoms in total. The van der Waals surface area contributed by atoms with E-state index in [-0.39, 0.29) is 11.5 Å². The normalized spacial score (nSPS) is 10.7. The number of rotatable bonds is 8. The second-order valence-electron chi connectivity index (χ2n) is 6.78. The Hall–Kier alpha value is -3.34. The van der Waals surface area contributed by atoms with Crippen LogP contribution in [0.25, 0.3) is 0 Å². The van der Waals surface area contributed by atoms with Crippen molar-refractivity contribution in [1.29, 1.82) is 0 Å². The fourth-order valence-corrected chi connectivity index (χ4v) is 2.56. The number of nitrogens with two attached hydrogens (primary N) is 1. The Balaban J connectivity index is 0.000000654. The maximum atomic E-state index is 13.1. The summed E-state index contributed by atoms with van der Waals surface area (Å²) in [4.78, 5) is 14.9. The van der Waals surface area contributed by atoms with Crippen LogP contribution < -0.4 is 15.8 Å². The summed E-state index contributed by atoms with van der Waals surface area (Å²) in [7, 11) is -3.67. The van der Waals surface area contributed by atoms with E-state index < -0.39 is 16.0 Å². The standard InChI is InChI=1S/C21H20FN3O2.CH4O3S/c22-17-3-1-2-15(12-17)10-11-24-13-16-4-6-18(7-5-16)27-19-8-9-20(21(23)26)25-14-19;1-5(2,3)4/h1-9,12,14,24H,10-11,13H2,(H2,23,26);1H3,(H,2,3,4). The minimum Gasteiger partial charge on any atom is -0.456 e. The molecule has 32 heavy (non-hydrogen) atoms. The number of nitrogens with one attached hydrogen (secondary N) is 1. The van der Waals surface area contributed by atoms with Gasteiger partial charge in [0.2, 0.25) is 0 Å². The molecule has 1 aromatic heterocycles. The van der Waals surface area contributed by atoms with Crippen LogP contribution >= 0.6 is 0 Å². The number of carbonyl (C=O) groups is 1. The van der Waals surface area contributed by atoms with E-state index in [1.807, 2.05) is 30.3 Å². The van der Waals surface area contributed by atoms with E-state index in [9.17, 15) is 17.6 Å². The van der Waals surface area contributed by atoms with Gasteiger partial charge in [-0.3, -0.25) is 9.35 Å². The molecular weight excluding hydrogens is 437 g/mol. The summed E-state index contributed by atoms with van der Waals surface area (Å²) < 4.78 is 44.7. The number of pyridine rings is 1. The molecule has 170 valence electrons. The predicted molar refractivity (Wildman–Crippen MR) is 119 cm³/mol. The first kappa shape index (κ1) is 24.9. The molecule has 0 spiro atoms. The molecule has 3 rings (SSSR count). The van der Waals surface area contributed by atoms with Crippen LogP contribution in [-0.2, 0) is 23.1 Å². The third-order valence-corrected chi connectivity index (χ3v) is 3.96. The van der Waals surface area contributed by atoms with Crippen molar-refractivity contribution in [2.75, 3.05) is 12.8 Å². The molecule has 4 N–H and O–H groups in total. The molecule has 0 radical (unpaired) electrons. The Morgan fingerprint density at radius 3 is 2.31 bits per heavy atom. The van der Waals surface area contributed by atoms with E-state index in [2.05, 4.69) is 10.3 Å². The lowest BCUT2D eigenvalue weighted by molar-refractivity contribution is 0.0995. The van der Waals surface area contributed by atoms with Gasteiger partial charge in [0.1, 0.15) is 23.0 Å².